The van der Waals surface area contributed by atoms with Crippen molar-refractivity contribution in [3.8, 4) is 0 Å². The van der Waals surface area contributed by atoms with Crippen molar-refractivity contribution in [2.24, 2.45) is 0 Å². The number of anilines is 1. The van der Waals surface area contributed by atoms with Crippen LogP contribution in [0.15, 0.2) is 60.2 Å². The molecule has 0 amide bonds. The summed E-state index contributed by atoms with van der Waals surface area (Å²) >= 11 is 0. The number of aryl methyl sites for hydroxylation is 1. The van der Waals surface area contributed by atoms with Gasteiger partial charge in [0.15, 0.2) is 0 Å². The van der Waals surface area contributed by atoms with Crippen LogP contribution in [-0.2, 0) is 0 Å². The summed E-state index contributed by atoms with van der Waals surface area (Å²) in [4.78, 5) is 2.18. The fourth-order valence-corrected chi connectivity index (χ4v) is 2.55. The van der Waals surface area contributed by atoms with Gasteiger partial charge in [0.05, 0.1) is 6.61 Å². The predicted octanol–water partition coefficient (Wildman–Crippen LogP) is 4.91. The molecule has 23 heavy (non-hydrogen) atoms. The number of allylic oxidation sites excluding steroid dienone is 6. The van der Waals surface area contributed by atoms with E-state index < -0.39 is 0 Å². The highest BCUT2D eigenvalue weighted by Gasteiger charge is 2.06. The van der Waals surface area contributed by atoms with Crippen LogP contribution in [0, 0.1) is 6.92 Å². The van der Waals surface area contributed by atoms with Gasteiger partial charge in [-0.2, -0.15) is 0 Å². The van der Waals surface area contributed by atoms with Crippen LogP contribution in [0.1, 0.15) is 31.9 Å². The Labute approximate surface area is 141 Å². The van der Waals surface area contributed by atoms with Gasteiger partial charge in [-0.3, -0.25) is 0 Å². The van der Waals surface area contributed by atoms with Gasteiger partial charge in [-0.05, 0) is 62.1 Å². The van der Waals surface area contributed by atoms with Crippen molar-refractivity contribution in [1.82, 2.24) is 0 Å². The molecule has 0 bridgehead atoms. The molecule has 0 unspecified atom stereocenters. The Balaban J connectivity index is 3.12. The molecule has 0 spiro atoms. The molecule has 2 heteroatoms. The third-order valence-corrected chi connectivity index (χ3v) is 3.84. The first-order valence-corrected chi connectivity index (χ1v) is 8.17. The molecule has 0 atom stereocenters. The first kappa shape index (κ1) is 19.0. The van der Waals surface area contributed by atoms with E-state index in [1.54, 1.807) is 0 Å². The zero-order chi connectivity index (χ0) is 17.2. The summed E-state index contributed by atoms with van der Waals surface area (Å²) in [7, 11) is 0. The smallest absolute Gasteiger partial charge is 0.0606 e. The first-order chi connectivity index (χ1) is 11.1. The zero-order valence-electron chi connectivity index (χ0n) is 14.8. The molecule has 0 aliphatic carbocycles. The van der Waals surface area contributed by atoms with Crippen molar-refractivity contribution in [3.05, 3.63) is 71.4 Å². The molecule has 0 aliphatic heterocycles. The Morgan fingerprint density at radius 1 is 1.35 bits per heavy atom. The lowest BCUT2D eigenvalue weighted by molar-refractivity contribution is 0.302. The number of hydrogen-bond acceptors (Lipinski definition) is 2. The molecule has 2 nitrogen and oxygen atoms in total. The number of nitrogens with zero attached hydrogens (tertiary/aromatic N) is 1. The van der Waals surface area contributed by atoms with Crippen LogP contribution in [0.3, 0.4) is 0 Å². The summed E-state index contributed by atoms with van der Waals surface area (Å²) in [5, 5.41) is 9.16. The van der Waals surface area contributed by atoms with E-state index in [9.17, 15) is 0 Å². The summed E-state index contributed by atoms with van der Waals surface area (Å²) in [6.07, 6.45) is 10.2. The lowest BCUT2D eigenvalue weighted by Crippen LogP contribution is -2.26. The monoisotopic (exact) mass is 311 g/mol. The van der Waals surface area contributed by atoms with Crippen LogP contribution in [-0.4, -0.2) is 24.8 Å². The van der Waals surface area contributed by atoms with E-state index >= 15 is 0 Å². The van der Waals surface area contributed by atoms with Gasteiger partial charge >= 0.3 is 0 Å². The van der Waals surface area contributed by atoms with Crippen molar-refractivity contribution in [2.45, 2.75) is 27.7 Å². The van der Waals surface area contributed by atoms with Gasteiger partial charge in [0.25, 0.3) is 0 Å². The molecule has 124 valence electrons. The first-order valence-electron chi connectivity index (χ1n) is 8.17. The number of aliphatic hydroxyl groups excluding tert-OH is 1. The SMILES string of the molecule is C=C/C=C(\C=C/C)C(/C)=C/c1ccc(N(CC)CCO)cc1C. The van der Waals surface area contributed by atoms with Crippen molar-refractivity contribution in [1.29, 1.82) is 0 Å². The van der Waals surface area contributed by atoms with E-state index in [1.165, 1.54) is 22.3 Å². The van der Waals surface area contributed by atoms with Crippen molar-refractivity contribution in [3.63, 3.8) is 0 Å². The third kappa shape index (κ3) is 5.57. The molecular formula is C21H29NO. The Bertz CT molecular complexity index is 608. The molecule has 0 saturated heterocycles. The van der Waals surface area contributed by atoms with Crippen LogP contribution in [0.4, 0.5) is 5.69 Å². The zero-order valence-corrected chi connectivity index (χ0v) is 14.8. The quantitative estimate of drug-likeness (QED) is 0.690. The molecule has 1 rings (SSSR count). The number of benzene rings is 1. The summed E-state index contributed by atoms with van der Waals surface area (Å²) in [5.74, 6) is 0. The summed E-state index contributed by atoms with van der Waals surface area (Å²) in [6, 6.07) is 6.46. The second-order valence-electron chi connectivity index (χ2n) is 5.53. The van der Waals surface area contributed by atoms with Gasteiger partial charge in [-0.25, -0.2) is 0 Å². The van der Waals surface area contributed by atoms with E-state index in [4.69, 9.17) is 5.11 Å². The average molecular weight is 311 g/mol. The molecule has 0 saturated carbocycles. The van der Waals surface area contributed by atoms with E-state index in [1.807, 2.05) is 25.2 Å². The topological polar surface area (TPSA) is 23.5 Å². The largest absolute Gasteiger partial charge is 0.395 e. The normalized spacial score (nSPS) is 12.7. The molecule has 0 radical (unpaired) electrons. The van der Waals surface area contributed by atoms with Crippen LogP contribution < -0.4 is 4.90 Å². The Kier molecular flexibility index (Phi) is 8.14. The maximum Gasteiger partial charge on any atom is 0.0606 e. The van der Waals surface area contributed by atoms with Gasteiger partial charge in [-0.1, -0.05) is 43.0 Å². The minimum atomic E-state index is 0.173. The lowest BCUT2D eigenvalue weighted by atomic mass is 10.0. The second-order valence-corrected chi connectivity index (χ2v) is 5.53. The fraction of sp³-hybridized carbons (Fsp3) is 0.333. The van der Waals surface area contributed by atoms with Crippen LogP contribution in [0.25, 0.3) is 6.08 Å². The van der Waals surface area contributed by atoms with Crippen LogP contribution >= 0.6 is 0 Å². The Hall–Kier alpha value is -2.06. The maximum absolute atomic E-state index is 9.16. The van der Waals surface area contributed by atoms with Crippen molar-refractivity contribution in [2.75, 3.05) is 24.6 Å². The number of likely N-dealkylation sites (N-methyl/N-ethyl adjacent to an activating group) is 1. The van der Waals surface area contributed by atoms with E-state index in [0.29, 0.717) is 6.54 Å². The highest BCUT2D eigenvalue weighted by atomic mass is 16.3. The third-order valence-electron chi connectivity index (χ3n) is 3.84. The average Bonchev–Trinajstić information content (AvgIpc) is 2.54. The molecule has 0 fully saturated rings. The predicted molar refractivity (Wildman–Crippen MR) is 103 cm³/mol. The molecule has 1 aromatic rings. The molecular weight excluding hydrogens is 282 g/mol. The summed E-state index contributed by atoms with van der Waals surface area (Å²) < 4.78 is 0. The van der Waals surface area contributed by atoms with Gasteiger partial charge < -0.3 is 10.0 Å². The Morgan fingerprint density at radius 3 is 2.61 bits per heavy atom. The van der Waals surface area contributed by atoms with Gasteiger partial charge in [0, 0.05) is 18.8 Å². The second kappa shape index (κ2) is 9.86. The van der Waals surface area contributed by atoms with Gasteiger partial charge in [-0.15, -0.1) is 0 Å². The molecule has 1 aromatic carbocycles. The minimum absolute atomic E-state index is 0.173. The number of hydrogen-bond donors (Lipinski definition) is 1. The lowest BCUT2D eigenvalue weighted by Gasteiger charge is -2.23. The highest BCUT2D eigenvalue weighted by Crippen LogP contribution is 2.23. The molecule has 1 N–H and O–H groups in total. The van der Waals surface area contributed by atoms with Crippen LogP contribution in [0.2, 0.25) is 0 Å². The van der Waals surface area contributed by atoms with E-state index in [2.05, 4.69) is 62.6 Å². The van der Waals surface area contributed by atoms with Gasteiger partial charge in [0.1, 0.15) is 0 Å². The van der Waals surface area contributed by atoms with Crippen molar-refractivity contribution < 1.29 is 5.11 Å². The minimum Gasteiger partial charge on any atom is -0.395 e. The summed E-state index contributed by atoms with van der Waals surface area (Å²) in [6.45, 7) is 13.9. The van der Waals surface area contributed by atoms with E-state index in [0.717, 1.165) is 12.2 Å². The van der Waals surface area contributed by atoms with Crippen LogP contribution in [0.5, 0.6) is 0 Å². The highest BCUT2D eigenvalue weighted by molar-refractivity contribution is 5.65. The number of rotatable bonds is 8. The number of aliphatic hydroxyl groups is 1. The van der Waals surface area contributed by atoms with E-state index in [-0.39, 0.29) is 6.61 Å². The maximum atomic E-state index is 9.16. The summed E-state index contributed by atoms with van der Waals surface area (Å²) in [5.41, 5.74) is 5.98. The van der Waals surface area contributed by atoms with Gasteiger partial charge in [0.2, 0.25) is 0 Å². The molecule has 0 aromatic heterocycles. The Morgan fingerprint density at radius 2 is 2.09 bits per heavy atom. The molecule has 0 heterocycles. The molecule has 0 aliphatic rings. The fourth-order valence-electron chi connectivity index (χ4n) is 2.55. The standard InChI is InChI=1S/C21H29NO/c1-6-9-19(10-7-2)17(4)15-20-11-12-21(16-18(20)5)22(8-3)13-14-23/h6-7,9-12,15-16,23H,1,8,13-14H2,2-5H3/b10-7-,17-15+,19-9+. The van der Waals surface area contributed by atoms with Crippen molar-refractivity contribution >= 4 is 11.8 Å².